The molecule has 0 amide bonds. The molecule has 2 aromatic rings. The summed E-state index contributed by atoms with van der Waals surface area (Å²) in [7, 11) is 1.65. The van der Waals surface area contributed by atoms with Gasteiger partial charge in [-0.2, -0.15) is 5.10 Å². The summed E-state index contributed by atoms with van der Waals surface area (Å²) in [6.07, 6.45) is 0.690. The molecule has 0 heterocycles. The molecule has 0 unspecified atom stereocenters. The molecule has 0 aliphatic heterocycles. The first-order valence-electron chi connectivity index (χ1n) is 6.70. The number of nitrogens with one attached hydrogen (secondary N) is 1. The average molecular weight is 298 g/mol. The van der Waals surface area contributed by atoms with Crippen LogP contribution in [0.4, 0.5) is 0 Å². The van der Waals surface area contributed by atoms with Crippen LogP contribution in [0.1, 0.15) is 18.1 Å². The van der Waals surface area contributed by atoms with Crippen molar-refractivity contribution in [3.05, 3.63) is 65.7 Å². The Morgan fingerprint density at radius 3 is 2.38 bits per heavy atom. The Kier molecular flexibility index (Phi) is 5.46. The summed E-state index contributed by atoms with van der Waals surface area (Å²) in [6, 6.07) is 17.9. The predicted octanol–water partition coefficient (Wildman–Crippen LogP) is 3.58. The fourth-order valence-electron chi connectivity index (χ4n) is 1.86. The van der Waals surface area contributed by atoms with E-state index in [0.29, 0.717) is 11.4 Å². The lowest BCUT2D eigenvalue weighted by molar-refractivity contribution is 0.415. The Labute approximate surface area is 130 Å². The highest BCUT2D eigenvalue weighted by Crippen LogP contribution is 2.11. The number of hydrogen-bond acceptors (Lipinski definition) is 3. The highest BCUT2D eigenvalue weighted by atomic mass is 32.1. The number of ether oxygens (including phenoxy) is 1. The Hall–Kier alpha value is -2.20. The van der Waals surface area contributed by atoms with Gasteiger partial charge in [0.2, 0.25) is 0 Å². The fourth-order valence-corrected chi connectivity index (χ4v) is 2.08. The van der Waals surface area contributed by atoms with Gasteiger partial charge >= 0.3 is 0 Å². The third-order valence-corrected chi connectivity index (χ3v) is 3.30. The van der Waals surface area contributed by atoms with Crippen LogP contribution in [0.15, 0.2) is 59.7 Å². The minimum absolute atomic E-state index is 0.690. The molecule has 1 N–H and O–H groups in total. The van der Waals surface area contributed by atoms with E-state index in [9.17, 15) is 0 Å². The maximum absolute atomic E-state index is 5.31. The molecule has 0 fully saturated rings. The number of rotatable bonds is 5. The van der Waals surface area contributed by atoms with Crippen LogP contribution in [0.3, 0.4) is 0 Å². The number of nitrogens with zero attached hydrogens (tertiary/aromatic N) is 1. The summed E-state index contributed by atoms with van der Waals surface area (Å²) in [5, 5.41) is 4.33. The van der Waals surface area contributed by atoms with Crippen LogP contribution in [0, 0.1) is 0 Å². The maximum atomic E-state index is 5.31. The molecule has 0 saturated carbocycles. The molecule has 0 radical (unpaired) electrons. The second-order valence-electron chi connectivity index (χ2n) is 4.62. The van der Waals surface area contributed by atoms with E-state index >= 15 is 0 Å². The molecule has 0 aliphatic rings. The molecular weight excluding hydrogens is 280 g/mol. The van der Waals surface area contributed by atoms with Gasteiger partial charge in [-0.1, -0.05) is 42.5 Å². The average Bonchev–Trinajstić information content (AvgIpc) is 2.53. The quantitative estimate of drug-likeness (QED) is 0.520. The number of hydrogen-bond donors (Lipinski definition) is 1. The zero-order chi connectivity index (χ0) is 15.1. The second-order valence-corrected chi connectivity index (χ2v) is 5.12. The smallest absolute Gasteiger partial charge is 0.118 e. The van der Waals surface area contributed by atoms with Crippen molar-refractivity contribution < 1.29 is 4.74 Å². The summed E-state index contributed by atoms with van der Waals surface area (Å²) in [5.74, 6) is 0.833. The Morgan fingerprint density at radius 2 is 1.76 bits per heavy atom. The summed E-state index contributed by atoms with van der Waals surface area (Å²) < 4.78 is 5.14. The van der Waals surface area contributed by atoms with Gasteiger partial charge in [0.05, 0.1) is 12.8 Å². The lowest BCUT2D eigenvalue weighted by Gasteiger charge is -2.06. The summed E-state index contributed by atoms with van der Waals surface area (Å²) in [5.41, 5.74) is 6.04. The number of hydrazone groups is 1. The van der Waals surface area contributed by atoms with Crippen molar-refractivity contribution in [2.45, 2.75) is 13.3 Å². The van der Waals surface area contributed by atoms with Crippen molar-refractivity contribution in [1.29, 1.82) is 0 Å². The second kappa shape index (κ2) is 7.55. The molecule has 0 atom stereocenters. The molecule has 0 saturated heterocycles. The van der Waals surface area contributed by atoms with E-state index in [2.05, 4.69) is 10.5 Å². The summed E-state index contributed by atoms with van der Waals surface area (Å²) >= 11 is 5.31. The first kappa shape index (κ1) is 15.2. The van der Waals surface area contributed by atoms with Gasteiger partial charge in [0.15, 0.2) is 0 Å². The first-order valence-corrected chi connectivity index (χ1v) is 7.11. The van der Waals surface area contributed by atoms with E-state index in [4.69, 9.17) is 17.0 Å². The molecule has 0 bridgehead atoms. The van der Waals surface area contributed by atoms with E-state index in [-0.39, 0.29) is 0 Å². The molecule has 0 aliphatic carbocycles. The van der Waals surface area contributed by atoms with Gasteiger partial charge in [-0.3, -0.25) is 5.43 Å². The molecule has 21 heavy (non-hydrogen) atoms. The standard InChI is InChI=1S/C17H18N2OS/c1-13(15-8-10-16(20-2)11-9-15)18-19-17(21)12-14-6-4-3-5-7-14/h3-11H,12H2,1-2H3,(H,19,21)/b18-13+. The lowest BCUT2D eigenvalue weighted by Crippen LogP contribution is -2.19. The van der Waals surface area contributed by atoms with Gasteiger partial charge < -0.3 is 4.74 Å². The molecule has 0 spiro atoms. The molecule has 4 heteroatoms. The van der Waals surface area contributed by atoms with Crippen molar-refractivity contribution in [2.24, 2.45) is 5.10 Å². The van der Waals surface area contributed by atoms with Crippen LogP contribution in [0.2, 0.25) is 0 Å². The van der Waals surface area contributed by atoms with Crippen LogP contribution < -0.4 is 10.2 Å². The first-order chi connectivity index (χ1) is 10.2. The zero-order valence-electron chi connectivity index (χ0n) is 12.2. The van der Waals surface area contributed by atoms with Gasteiger partial charge in [-0.15, -0.1) is 0 Å². The van der Waals surface area contributed by atoms with Gasteiger partial charge in [0.25, 0.3) is 0 Å². The Balaban J connectivity index is 1.94. The van der Waals surface area contributed by atoms with E-state index in [1.54, 1.807) is 7.11 Å². The van der Waals surface area contributed by atoms with Gasteiger partial charge in [0.1, 0.15) is 10.7 Å². The predicted molar refractivity (Wildman–Crippen MR) is 91.1 cm³/mol. The third-order valence-electron chi connectivity index (χ3n) is 3.06. The van der Waals surface area contributed by atoms with Crippen LogP contribution in [0.5, 0.6) is 5.75 Å². The third kappa shape index (κ3) is 4.68. The topological polar surface area (TPSA) is 33.6 Å². The van der Waals surface area contributed by atoms with Crippen molar-refractivity contribution >= 4 is 22.9 Å². The van der Waals surface area contributed by atoms with Gasteiger partial charge in [-0.25, -0.2) is 0 Å². The minimum Gasteiger partial charge on any atom is -0.497 e. The molecule has 2 rings (SSSR count). The van der Waals surface area contributed by atoms with Gasteiger partial charge in [0, 0.05) is 6.42 Å². The number of methoxy groups -OCH3 is 1. The highest BCUT2D eigenvalue weighted by molar-refractivity contribution is 7.80. The summed E-state index contributed by atoms with van der Waals surface area (Å²) in [4.78, 5) is 0.703. The summed E-state index contributed by atoms with van der Waals surface area (Å²) in [6.45, 7) is 1.94. The van der Waals surface area contributed by atoms with Crippen LogP contribution in [-0.2, 0) is 6.42 Å². The maximum Gasteiger partial charge on any atom is 0.118 e. The largest absolute Gasteiger partial charge is 0.497 e. The van der Waals surface area contributed by atoms with Crippen LogP contribution in [-0.4, -0.2) is 17.8 Å². The van der Waals surface area contributed by atoms with Crippen molar-refractivity contribution in [2.75, 3.05) is 7.11 Å². The van der Waals surface area contributed by atoms with Crippen molar-refractivity contribution in [1.82, 2.24) is 5.43 Å². The van der Waals surface area contributed by atoms with E-state index < -0.39 is 0 Å². The Morgan fingerprint density at radius 1 is 1.10 bits per heavy atom. The van der Waals surface area contributed by atoms with Crippen LogP contribution >= 0.6 is 12.2 Å². The van der Waals surface area contributed by atoms with E-state index in [1.807, 2.05) is 61.5 Å². The highest BCUT2D eigenvalue weighted by Gasteiger charge is 2.00. The Bertz CT molecular complexity index is 621. The SMILES string of the molecule is COc1ccc(/C(C)=N/NC(=S)Cc2ccccc2)cc1. The number of benzene rings is 2. The van der Waals surface area contributed by atoms with Crippen LogP contribution in [0.25, 0.3) is 0 Å². The zero-order valence-corrected chi connectivity index (χ0v) is 13.0. The van der Waals surface area contributed by atoms with E-state index in [1.165, 1.54) is 5.56 Å². The normalized spacial score (nSPS) is 11.0. The van der Waals surface area contributed by atoms with Gasteiger partial charge in [-0.05, 0) is 42.3 Å². The monoisotopic (exact) mass is 298 g/mol. The molecule has 3 nitrogen and oxygen atoms in total. The molecular formula is C17H18N2OS. The van der Waals surface area contributed by atoms with Crippen molar-refractivity contribution in [3.8, 4) is 5.75 Å². The minimum atomic E-state index is 0.690. The molecule has 108 valence electrons. The molecule has 2 aromatic carbocycles. The lowest BCUT2D eigenvalue weighted by atomic mass is 10.1. The van der Waals surface area contributed by atoms with E-state index in [0.717, 1.165) is 17.0 Å². The van der Waals surface area contributed by atoms with Crippen molar-refractivity contribution in [3.63, 3.8) is 0 Å². The molecule has 0 aromatic heterocycles. The number of thiocarbonyl (C=S) groups is 1. The fraction of sp³-hybridized carbons (Fsp3) is 0.176.